The molecule has 2 aliphatic rings. The number of cyclic esters (lactones) is 1. The third kappa shape index (κ3) is 4.30. The molecule has 2 unspecified atom stereocenters. The summed E-state index contributed by atoms with van der Waals surface area (Å²) >= 11 is 0. The third-order valence-electron chi connectivity index (χ3n) is 5.75. The van der Waals surface area contributed by atoms with E-state index in [1.165, 1.54) is 0 Å². The molecular formula is C24H27NO4. The number of anilines is 1. The van der Waals surface area contributed by atoms with E-state index in [4.69, 9.17) is 4.74 Å². The van der Waals surface area contributed by atoms with Gasteiger partial charge in [-0.1, -0.05) is 30.3 Å². The molecule has 1 fully saturated rings. The molecule has 0 bridgehead atoms. The predicted octanol–water partition coefficient (Wildman–Crippen LogP) is 4.32. The molecule has 1 aliphatic heterocycles. The first kappa shape index (κ1) is 19.5. The maximum absolute atomic E-state index is 13.0. The number of esters is 1. The van der Waals surface area contributed by atoms with E-state index in [0.29, 0.717) is 31.0 Å². The van der Waals surface area contributed by atoms with Gasteiger partial charge in [-0.15, -0.1) is 0 Å². The Morgan fingerprint density at radius 1 is 1.10 bits per heavy atom. The number of carbonyl (C=O) groups is 1. The summed E-state index contributed by atoms with van der Waals surface area (Å²) in [7, 11) is 0. The number of rotatable bonds is 7. The second kappa shape index (κ2) is 8.29. The van der Waals surface area contributed by atoms with Crippen molar-refractivity contribution in [1.29, 1.82) is 0 Å². The van der Waals surface area contributed by atoms with Gasteiger partial charge in [0.1, 0.15) is 17.6 Å². The van der Waals surface area contributed by atoms with Crippen LogP contribution in [0.15, 0.2) is 65.9 Å². The van der Waals surface area contributed by atoms with Gasteiger partial charge in [-0.2, -0.15) is 0 Å². The van der Waals surface area contributed by atoms with Crippen LogP contribution in [0.3, 0.4) is 0 Å². The van der Waals surface area contributed by atoms with Crippen LogP contribution in [-0.4, -0.2) is 28.8 Å². The minimum absolute atomic E-state index is 0.0947. The number of phenolic OH excluding ortho intramolecular Hbond substituents is 1. The molecule has 0 radical (unpaired) electrons. The molecule has 4 rings (SSSR count). The molecule has 2 N–H and O–H groups in total. The lowest BCUT2D eigenvalue weighted by molar-refractivity contribution is -0.147. The Morgan fingerprint density at radius 2 is 1.79 bits per heavy atom. The number of likely N-dealkylation sites (N-methyl/N-ethyl adjacent to an activating group) is 1. The average Bonchev–Trinajstić information content (AvgIpc) is 3.57. The van der Waals surface area contributed by atoms with E-state index in [1.54, 1.807) is 24.3 Å². The van der Waals surface area contributed by atoms with Crippen molar-refractivity contribution in [2.75, 3.05) is 11.4 Å². The highest BCUT2D eigenvalue weighted by Crippen LogP contribution is 2.42. The maximum atomic E-state index is 13.0. The van der Waals surface area contributed by atoms with Crippen molar-refractivity contribution < 1.29 is 19.7 Å². The Bertz CT molecular complexity index is 887. The predicted molar refractivity (Wildman–Crippen MR) is 111 cm³/mol. The molecule has 5 heteroatoms. The van der Waals surface area contributed by atoms with Crippen molar-refractivity contribution in [2.45, 2.75) is 44.8 Å². The molecule has 0 spiro atoms. The molecule has 1 aliphatic carbocycles. The number of hydrogen-bond donors (Lipinski definition) is 2. The van der Waals surface area contributed by atoms with Gasteiger partial charge in [0.25, 0.3) is 0 Å². The Labute approximate surface area is 171 Å². The second-order valence-electron chi connectivity index (χ2n) is 7.83. The van der Waals surface area contributed by atoms with Gasteiger partial charge in [-0.25, -0.2) is 4.79 Å². The molecule has 29 heavy (non-hydrogen) atoms. The Balaban J connectivity index is 1.69. The minimum atomic E-state index is -0.749. The van der Waals surface area contributed by atoms with Crippen LogP contribution in [0.1, 0.15) is 44.3 Å². The summed E-state index contributed by atoms with van der Waals surface area (Å²) in [5, 5.41) is 20.4. The highest BCUT2D eigenvalue weighted by Gasteiger charge is 2.40. The topological polar surface area (TPSA) is 70.0 Å². The summed E-state index contributed by atoms with van der Waals surface area (Å²) < 4.78 is 5.81. The molecule has 152 valence electrons. The number of para-hydroxylation sites is 1. The number of benzene rings is 2. The summed E-state index contributed by atoms with van der Waals surface area (Å²) in [4.78, 5) is 15.0. The van der Waals surface area contributed by atoms with E-state index in [-0.39, 0.29) is 17.8 Å². The molecule has 5 nitrogen and oxygen atoms in total. The Hall–Kier alpha value is -2.79. The fraction of sp³-hybridized carbons (Fsp3) is 0.375. The van der Waals surface area contributed by atoms with Crippen molar-refractivity contribution in [1.82, 2.24) is 0 Å². The van der Waals surface area contributed by atoms with Crippen LogP contribution in [-0.2, 0) is 9.53 Å². The molecule has 1 saturated carbocycles. The van der Waals surface area contributed by atoms with Gasteiger partial charge in [0.05, 0.1) is 6.10 Å². The summed E-state index contributed by atoms with van der Waals surface area (Å²) in [6.45, 7) is 2.63. The number of carbonyl (C=O) groups excluding carboxylic acids is 1. The first-order chi connectivity index (χ1) is 14.1. The largest absolute Gasteiger partial charge is 0.508 e. The standard InChI is InChI=1S/C24H27NO4/c1-2-25(19-6-4-3-5-7-19)23-18(15-22(17-8-9-17)29-24(23)28)14-21(27)16-10-12-20(26)13-11-16/h3-7,10-13,17,21-22,26-27H,2,8-9,14-15H2,1H3. The van der Waals surface area contributed by atoms with Gasteiger partial charge < -0.3 is 19.8 Å². The molecule has 0 amide bonds. The van der Waals surface area contributed by atoms with Gasteiger partial charge >= 0.3 is 5.97 Å². The van der Waals surface area contributed by atoms with Gasteiger partial charge in [-0.3, -0.25) is 0 Å². The Kier molecular flexibility index (Phi) is 5.58. The molecule has 0 aromatic heterocycles. The van der Waals surface area contributed by atoms with Crippen LogP contribution in [0.2, 0.25) is 0 Å². The highest BCUT2D eigenvalue weighted by molar-refractivity contribution is 5.94. The smallest absolute Gasteiger partial charge is 0.355 e. The monoisotopic (exact) mass is 393 g/mol. The van der Waals surface area contributed by atoms with E-state index in [9.17, 15) is 15.0 Å². The average molecular weight is 393 g/mol. The molecule has 0 saturated heterocycles. The number of ether oxygens (including phenoxy) is 1. The quantitative estimate of drug-likeness (QED) is 0.686. The van der Waals surface area contributed by atoms with E-state index < -0.39 is 6.10 Å². The zero-order valence-corrected chi connectivity index (χ0v) is 16.6. The highest BCUT2D eigenvalue weighted by atomic mass is 16.5. The molecular weight excluding hydrogens is 366 g/mol. The lowest BCUT2D eigenvalue weighted by atomic mass is 9.92. The van der Waals surface area contributed by atoms with Crippen LogP contribution >= 0.6 is 0 Å². The van der Waals surface area contributed by atoms with Crippen LogP contribution < -0.4 is 4.90 Å². The summed E-state index contributed by atoms with van der Waals surface area (Å²) in [5.74, 6) is 0.303. The molecule has 2 atom stereocenters. The van der Waals surface area contributed by atoms with E-state index in [2.05, 4.69) is 0 Å². The van der Waals surface area contributed by atoms with Crippen LogP contribution in [0.4, 0.5) is 5.69 Å². The Morgan fingerprint density at radius 3 is 2.41 bits per heavy atom. The minimum Gasteiger partial charge on any atom is -0.508 e. The van der Waals surface area contributed by atoms with Crippen molar-refractivity contribution in [3.8, 4) is 5.75 Å². The first-order valence-corrected chi connectivity index (χ1v) is 10.3. The van der Waals surface area contributed by atoms with Gasteiger partial charge in [-0.05, 0) is 61.1 Å². The number of aliphatic hydroxyl groups is 1. The van der Waals surface area contributed by atoms with Crippen LogP contribution in [0.25, 0.3) is 0 Å². The van der Waals surface area contributed by atoms with Crippen molar-refractivity contribution in [3.63, 3.8) is 0 Å². The maximum Gasteiger partial charge on any atom is 0.355 e. The lowest BCUT2D eigenvalue weighted by Gasteiger charge is -2.34. The normalized spacial score (nSPS) is 20.3. The number of aromatic hydroxyl groups is 1. The SMILES string of the molecule is CCN(C1=C(CC(O)c2ccc(O)cc2)CC(C2CC2)OC1=O)c1ccccc1. The third-order valence-corrected chi connectivity index (χ3v) is 5.75. The summed E-state index contributed by atoms with van der Waals surface area (Å²) in [6.07, 6.45) is 2.36. The van der Waals surface area contributed by atoms with Crippen molar-refractivity contribution in [2.24, 2.45) is 5.92 Å². The van der Waals surface area contributed by atoms with Gasteiger partial charge in [0.15, 0.2) is 0 Å². The zero-order valence-electron chi connectivity index (χ0n) is 16.6. The van der Waals surface area contributed by atoms with Gasteiger partial charge in [0.2, 0.25) is 0 Å². The summed E-state index contributed by atoms with van der Waals surface area (Å²) in [5.41, 5.74) is 3.14. The fourth-order valence-electron chi connectivity index (χ4n) is 4.06. The lowest BCUT2D eigenvalue weighted by Crippen LogP contribution is -2.37. The van der Waals surface area contributed by atoms with Crippen molar-refractivity contribution in [3.05, 3.63) is 71.4 Å². The number of aliphatic hydroxyl groups excluding tert-OH is 1. The van der Waals surface area contributed by atoms with E-state index in [1.807, 2.05) is 42.2 Å². The zero-order chi connectivity index (χ0) is 20.4. The molecule has 1 heterocycles. The van der Waals surface area contributed by atoms with Crippen molar-refractivity contribution >= 4 is 11.7 Å². The van der Waals surface area contributed by atoms with Crippen LogP contribution in [0, 0.1) is 5.92 Å². The number of phenols is 1. The van der Waals surface area contributed by atoms with Gasteiger partial charge in [0, 0.05) is 25.1 Å². The number of hydrogen-bond acceptors (Lipinski definition) is 5. The van der Waals surface area contributed by atoms with Crippen LogP contribution in [0.5, 0.6) is 5.75 Å². The second-order valence-corrected chi connectivity index (χ2v) is 7.83. The summed E-state index contributed by atoms with van der Waals surface area (Å²) in [6, 6.07) is 16.4. The molecule has 2 aromatic rings. The van der Waals surface area contributed by atoms with E-state index in [0.717, 1.165) is 29.7 Å². The fourth-order valence-corrected chi connectivity index (χ4v) is 4.06. The molecule has 2 aromatic carbocycles. The van der Waals surface area contributed by atoms with E-state index >= 15 is 0 Å². The first-order valence-electron chi connectivity index (χ1n) is 10.3. The number of nitrogens with zero attached hydrogens (tertiary/aromatic N) is 1.